The molecule has 0 radical (unpaired) electrons. The Balaban J connectivity index is 1.21. The maximum atomic E-state index is 14.7. The van der Waals surface area contributed by atoms with E-state index < -0.39 is 29.6 Å². The minimum atomic E-state index is -1.16. The SMILES string of the molecule is C=C1NC2(C(=O)O)CC2/C=C\CCCCC[C@@H](CC(=O)N2CCCCC2)C(=O)N2C[C@H](Oc3cc(-c4ccccc4)nc4cc(OC)ccc34)C[C@@H]12. The second kappa shape index (κ2) is 15.4. The lowest BCUT2D eigenvalue weighted by atomic mass is 9.94. The van der Waals surface area contributed by atoms with E-state index >= 15 is 0 Å². The Bertz CT molecular complexity index is 1840. The van der Waals surface area contributed by atoms with Gasteiger partial charge < -0.3 is 29.7 Å². The summed E-state index contributed by atoms with van der Waals surface area (Å²) < 4.78 is 12.3. The van der Waals surface area contributed by atoms with Crippen LogP contribution in [0, 0.1) is 11.8 Å². The van der Waals surface area contributed by atoms with Crippen molar-refractivity contribution in [3.8, 4) is 22.8 Å². The standard InChI is InChI=1S/C42H50N4O6/c1-28-37-24-33(52-38-25-35(29-14-9-6-10-15-29)43-36-23-32(51-2)18-19-34(36)38)27-46(37)40(48)30(22-39(47)45-20-12-7-13-21-45)16-8-4-3-5-11-17-31-26-42(31,44-28)41(49)50/h6,9-11,14-15,17-19,23,25,30-31,33,37,44H,1,3-5,7-8,12-13,16,20-22,24,26-27H2,2H3,(H,49,50)/b17-11-/t30-,31?,33+,37-,42?/m0/s1. The van der Waals surface area contributed by atoms with Gasteiger partial charge in [0, 0.05) is 66.5 Å². The van der Waals surface area contributed by atoms with E-state index in [1.165, 1.54) is 0 Å². The predicted octanol–water partition coefficient (Wildman–Crippen LogP) is 6.74. The molecule has 52 heavy (non-hydrogen) atoms. The molecule has 2 amide bonds. The summed E-state index contributed by atoms with van der Waals surface area (Å²) in [5, 5.41) is 14.5. The summed E-state index contributed by atoms with van der Waals surface area (Å²) in [6.45, 7) is 6.12. The lowest BCUT2D eigenvalue weighted by Crippen LogP contribution is -2.48. The predicted molar refractivity (Wildman–Crippen MR) is 200 cm³/mol. The van der Waals surface area contributed by atoms with Gasteiger partial charge in [0.15, 0.2) is 0 Å². The zero-order chi connectivity index (χ0) is 36.2. The highest BCUT2D eigenvalue weighted by Gasteiger charge is 2.60. The van der Waals surface area contributed by atoms with E-state index in [0.29, 0.717) is 36.5 Å². The minimum Gasteiger partial charge on any atom is -0.497 e. The largest absolute Gasteiger partial charge is 0.497 e. The smallest absolute Gasteiger partial charge is 0.329 e. The Hall–Kier alpha value is -4.86. The third kappa shape index (κ3) is 7.52. The highest BCUT2D eigenvalue weighted by Crippen LogP contribution is 2.47. The molecule has 2 saturated heterocycles. The molecule has 2 unspecified atom stereocenters. The van der Waals surface area contributed by atoms with E-state index in [0.717, 1.165) is 80.2 Å². The molecule has 10 heteroatoms. The van der Waals surface area contributed by atoms with Gasteiger partial charge in [-0.15, -0.1) is 0 Å². The number of allylic oxidation sites excluding steroid dienone is 1. The third-order valence-corrected chi connectivity index (χ3v) is 11.3. The van der Waals surface area contributed by atoms with Crippen molar-refractivity contribution in [2.24, 2.45) is 11.8 Å². The number of hydrogen-bond donors (Lipinski definition) is 2. The first-order chi connectivity index (χ1) is 25.3. The van der Waals surface area contributed by atoms with Gasteiger partial charge in [-0.1, -0.05) is 61.9 Å². The van der Waals surface area contributed by atoms with Crippen LogP contribution in [0.4, 0.5) is 0 Å². The number of hydrogen-bond acceptors (Lipinski definition) is 7. The van der Waals surface area contributed by atoms with Gasteiger partial charge in [0.25, 0.3) is 0 Å². The number of ether oxygens (including phenoxy) is 2. The average molecular weight is 707 g/mol. The van der Waals surface area contributed by atoms with Gasteiger partial charge in [-0.05, 0) is 57.1 Å². The molecule has 4 heterocycles. The van der Waals surface area contributed by atoms with Crippen molar-refractivity contribution >= 4 is 28.7 Å². The Morgan fingerprint density at radius 1 is 1.04 bits per heavy atom. The number of nitrogens with zero attached hydrogens (tertiary/aromatic N) is 3. The van der Waals surface area contributed by atoms with E-state index in [9.17, 15) is 19.5 Å². The third-order valence-electron chi connectivity index (χ3n) is 11.3. The quantitative estimate of drug-likeness (QED) is 0.259. The van der Waals surface area contributed by atoms with Crippen molar-refractivity contribution in [1.29, 1.82) is 0 Å². The fraction of sp³-hybridized carbons (Fsp3) is 0.476. The average Bonchev–Trinajstić information content (AvgIpc) is 3.70. The molecule has 1 aliphatic carbocycles. The van der Waals surface area contributed by atoms with Crippen molar-refractivity contribution in [3.63, 3.8) is 0 Å². The molecule has 2 aromatic carbocycles. The molecule has 3 fully saturated rings. The summed E-state index contributed by atoms with van der Waals surface area (Å²) in [6.07, 6.45) is 12.0. The first-order valence-corrected chi connectivity index (χ1v) is 18.9. The molecule has 10 nitrogen and oxygen atoms in total. The number of carboxylic acids is 1. The Labute approximate surface area is 305 Å². The zero-order valence-electron chi connectivity index (χ0n) is 30.1. The number of carboxylic acid groups (broad SMARTS) is 1. The summed E-state index contributed by atoms with van der Waals surface area (Å²) >= 11 is 0. The van der Waals surface area contributed by atoms with Crippen LogP contribution >= 0.6 is 0 Å². The van der Waals surface area contributed by atoms with Gasteiger partial charge in [-0.3, -0.25) is 9.59 Å². The van der Waals surface area contributed by atoms with Crippen molar-refractivity contribution in [2.45, 2.75) is 88.3 Å². The van der Waals surface area contributed by atoms with Crippen LogP contribution in [-0.4, -0.2) is 82.1 Å². The first kappa shape index (κ1) is 35.5. The molecule has 274 valence electrons. The van der Waals surface area contributed by atoms with Gasteiger partial charge in [-0.25, -0.2) is 9.78 Å². The van der Waals surface area contributed by atoms with Crippen LogP contribution in [0.25, 0.3) is 22.2 Å². The van der Waals surface area contributed by atoms with Gasteiger partial charge in [0.05, 0.1) is 30.9 Å². The topological polar surface area (TPSA) is 121 Å². The number of carbonyl (C=O) groups excluding carboxylic acids is 2. The molecule has 4 aliphatic rings. The molecule has 0 spiro atoms. The summed E-state index contributed by atoms with van der Waals surface area (Å²) in [7, 11) is 1.62. The van der Waals surface area contributed by atoms with Crippen molar-refractivity contribution in [3.05, 3.63) is 79.0 Å². The number of methoxy groups -OCH3 is 1. The summed E-state index contributed by atoms with van der Waals surface area (Å²) in [6, 6.07) is 17.0. The lowest BCUT2D eigenvalue weighted by molar-refractivity contribution is -0.142. The second-order valence-corrected chi connectivity index (χ2v) is 14.9. The summed E-state index contributed by atoms with van der Waals surface area (Å²) in [5.74, 6) is -0.298. The van der Waals surface area contributed by atoms with Crippen molar-refractivity contribution < 1.29 is 29.0 Å². The Morgan fingerprint density at radius 2 is 1.83 bits per heavy atom. The molecule has 2 N–H and O–H groups in total. The van der Waals surface area contributed by atoms with E-state index in [1.54, 1.807) is 12.0 Å². The lowest BCUT2D eigenvalue weighted by Gasteiger charge is -2.33. The number of pyridine rings is 1. The number of nitrogens with one attached hydrogen (secondary N) is 1. The maximum Gasteiger partial charge on any atom is 0.329 e. The number of benzene rings is 2. The second-order valence-electron chi connectivity index (χ2n) is 14.9. The molecule has 1 saturated carbocycles. The van der Waals surface area contributed by atoms with E-state index in [1.807, 2.05) is 65.6 Å². The maximum absolute atomic E-state index is 14.7. The zero-order valence-corrected chi connectivity index (χ0v) is 30.1. The highest BCUT2D eigenvalue weighted by molar-refractivity contribution is 5.89. The number of rotatable bonds is 7. The first-order valence-electron chi connectivity index (χ1n) is 18.9. The van der Waals surface area contributed by atoms with Crippen LogP contribution in [0.5, 0.6) is 11.5 Å². The molecule has 3 aliphatic heterocycles. The van der Waals surface area contributed by atoms with Crippen LogP contribution < -0.4 is 14.8 Å². The van der Waals surface area contributed by atoms with Crippen LogP contribution in [0.2, 0.25) is 0 Å². The number of aromatic nitrogens is 1. The number of fused-ring (bicyclic) bond motifs is 3. The normalized spacial score (nSPS) is 27.4. The number of aliphatic carboxylic acids is 1. The fourth-order valence-corrected chi connectivity index (χ4v) is 8.25. The van der Waals surface area contributed by atoms with Gasteiger partial charge >= 0.3 is 5.97 Å². The van der Waals surface area contributed by atoms with Crippen LogP contribution in [0.1, 0.15) is 70.6 Å². The Kier molecular flexibility index (Phi) is 10.5. The van der Waals surface area contributed by atoms with E-state index in [4.69, 9.17) is 14.5 Å². The summed E-state index contributed by atoms with van der Waals surface area (Å²) in [5.41, 5.74) is 1.74. The molecular formula is C42H50N4O6. The molecule has 7 rings (SSSR count). The molecule has 1 aromatic heterocycles. The molecule has 5 atom stereocenters. The van der Waals surface area contributed by atoms with Crippen molar-refractivity contribution in [1.82, 2.24) is 20.1 Å². The van der Waals surface area contributed by atoms with E-state index in [2.05, 4.69) is 18.0 Å². The number of amides is 2. The molecule has 0 bridgehead atoms. The number of likely N-dealkylation sites (tertiary alicyclic amines) is 1. The highest BCUT2D eigenvalue weighted by atomic mass is 16.5. The minimum absolute atomic E-state index is 0.0391. The summed E-state index contributed by atoms with van der Waals surface area (Å²) in [4.78, 5) is 49.7. The Morgan fingerprint density at radius 3 is 2.60 bits per heavy atom. The monoisotopic (exact) mass is 706 g/mol. The molecular weight excluding hydrogens is 656 g/mol. The van der Waals surface area contributed by atoms with Gasteiger partial charge in [-0.2, -0.15) is 0 Å². The molecule has 3 aromatic rings. The van der Waals surface area contributed by atoms with Crippen LogP contribution in [-0.2, 0) is 14.4 Å². The van der Waals surface area contributed by atoms with Crippen LogP contribution in [0.3, 0.4) is 0 Å². The van der Waals surface area contributed by atoms with Gasteiger partial charge in [0.1, 0.15) is 23.1 Å². The van der Waals surface area contributed by atoms with E-state index in [-0.39, 0.29) is 30.7 Å². The fourth-order valence-electron chi connectivity index (χ4n) is 8.25. The number of carbonyl (C=O) groups is 3. The van der Waals surface area contributed by atoms with Crippen molar-refractivity contribution in [2.75, 3.05) is 26.7 Å². The van der Waals surface area contributed by atoms with Crippen LogP contribution in [0.15, 0.2) is 79.0 Å². The van der Waals surface area contributed by atoms with Gasteiger partial charge in [0.2, 0.25) is 11.8 Å². The number of piperidine rings is 1.